The number of ketones is 2. The Hall–Kier alpha value is -3.52. The summed E-state index contributed by atoms with van der Waals surface area (Å²) in [5.74, 6) is -0.878. The van der Waals surface area contributed by atoms with Crippen molar-refractivity contribution in [1.29, 1.82) is 0 Å². The molecular weight excluding hydrogens is 520 g/mol. The largest absolute Gasteiger partial charge is 0.497 e. The molecule has 1 heterocycles. The van der Waals surface area contributed by atoms with Crippen molar-refractivity contribution < 1.29 is 28.7 Å². The number of carbonyl (C=O) groups excluding carboxylic acids is 4. The Bertz CT molecular complexity index is 1200. The van der Waals surface area contributed by atoms with E-state index in [0.29, 0.717) is 44.6 Å². The lowest BCUT2D eigenvalue weighted by Gasteiger charge is -2.26. The van der Waals surface area contributed by atoms with Gasteiger partial charge >= 0.3 is 0 Å². The van der Waals surface area contributed by atoms with Crippen molar-refractivity contribution in [2.75, 3.05) is 20.3 Å². The highest BCUT2D eigenvalue weighted by atomic mass is 16.5. The van der Waals surface area contributed by atoms with Crippen molar-refractivity contribution >= 4 is 23.4 Å². The van der Waals surface area contributed by atoms with Gasteiger partial charge in [-0.2, -0.15) is 0 Å². The average Bonchev–Trinajstić information content (AvgIpc) is 3.75. The van der Waals surface area contributed by atoms with Gasteiger partial charge in [-0.25, -0.2) is 0 Å². The van der Waals surface area contributed by atoms with Gasteiger partial charge in [-0.15, -0.1) is 0 Å². The van der Waals surface area contributed by atoms with Crippen molar-refractivity contribution in [3.05, 3.63) is 65.7 Å². The van der Waals surface area contributed by atoms with Gasteiger partial charge in [0.2, 0.25) is 11.8 Å². The molecule has 2 aromatic rings. The molecule has 1 aliphatic heterocycles. The summed E-state index contributed by atoms with van der Waals surface area (Å²) in [6.45, 7) is 4.68. The summed E-state index contributed by atoms with van der Waals surface area (Å²) in [7, 11) is 1.59. The number of carbonyl (C=O) groups is 4. The van der Waals surface area contributed by atoms with Gasteiger partial charge in [0.25, 0.3) is 0 Å². The maximum Gasteiger partial charge on any atom is 0.224 e. The highest BCUT2D eigenvalue weighted by Crippen LogP contribution is 2.46. The summed E-state index contributed by atoms with van der Waals surface area (Å²) < 4.78 is 10.6. The molecule has 2 N–H and O–H groups in total. The average molecular weight is 563 g/mol. The Morgan fingerprint density at radius 1 is 0.927 bits per heavy atom. The minimum Gasteiger partial charge on any atom is -0.497 e. The Labute approximate surface area is 242 Å². The molecule has 8 heteroatoms. The summed E-state index contributed by atoms with van der Waals surface area (Å²) in [4.78, 5) is 53.3. The van der Waals surface area contributed by atoms with Crippen molar-refractivity contribution in [1.82, 2.24) is 10.6 Å². The summed E-state index contributed by atoms with van der Waals surface area (Å²) in [5.41, 5.74) is 1.41. The number of amides is 2. The number of nitrogens with one attached hydrogen (secondary N) is 2. The zero-order valence-electron chi connectivity index (χ0n) is 24.3. The fourth-order valence-corrected chi connectivity index (χ4v) is 5.30. The zero-order chi connectivity index (χ0) is 29.4. The lowest BCUT2D eigenvalue weighted by Crippen LogP contribution is -2.49. The normalized spacial score (nSPS) is 18.4. The molecule has 2 aliphatic rings. The number of Topliss-reactive ketones (excluding diaryl/α,β-unsaturated/α-hetero) is 2. The van der Waals surface area contributed by atoms with E-state index in [1.165, 1.54) is 0 Å². The van der Waals surface area contributed by atoms with Crippen LogP contribution in [0.1, 0.15) is 57.1 Å². The van der Waals surface area contributed by atoms with Crippen LogP contribution in [0.2, 0.25) is 0 Å². The molecule has 0 unspecified atom stereocenters. The molecule has 0 bridgehead atoms. The van der Waals surface area contributed by atoms with Crippen LogP contribution in [0.3, 0.4) is 0 Å². The van der Waals surface area contributed by atoms with E-state index in [0.717, 1.165) is 24.0 Å². The maximum atomic E-state index is 13.8. The predicted octanol–water partition coefficient (Wildman–Crippen LogP) is 3.84. The van der Waals surface area contributed by atoms with Gasteiger partial charge in [0.15, 0.2) is 11.6 Å². The predicted molar refractivity (Wildman–Crippen MR) is 155 cm³/mol. The number of benzene rings is 2. The number of ether oxygens (including phenoxy) is 2. The van der Waals surface area contributed by atoms with Crippen molar-refractivity contribution in [2.45, 2.75) is 70.9 Å². The lowest BCUT2D eigenvalue weighted by atomic mass is 9.89. The second-order valence-corrected chi connectivity index (χ2v) is 11.7. The van der Waals surface area contributed by atoms with Gasteiger partial charge in [-0.05, 0) is 68.7 Å². The fraction of sp³-hybridized carbons (Fsp3) is 0.515. The van der Waals surface area contributed by atoms with E-state index in [1.807, 2.05) is 61.5 Å². The Balaban J connectivity index is 1.49. The van der Waals surface area contributed by atoms with Gasteiger partial charge in [-0.3, -0.25) is 19.2 Å². The standard InChI is InChI=1S/C33H42N2O6/c1-22(34-31(38)25-13-17-41-18-14-25)29(36)21-26(19-24-9-11-27(40-3)12-10-24)32(39)35-28(30(37)33(2)15-16-33)20-23-7-5-4-6-8-23/h4-12,22,25-26,28H,13-21H2,1-3H3,(H,34,38)(H,35,39)/t22-,26-,28+/m1/s1. The van der Waals surface area contributed by atoms with Crippen LogP contribution in [-0.2, 0) is 36.8 Å². The topological polar surface area (TPSA) is 111 Å². The van der Waals surface area contributed by atoms with Gasteiger partial charge in [0.05, 0.1) is 19.2 Å². The van der Waals surface area contributed by atoms with E-state index >= 15 is 0 Å². The van der Waals surface area contributed by atoms with Gasteiger partial charge in [0, 0.05) is 36.9 Å². The van der Waals surface area contributed by atoms with E-state index < -0.39 is 23.4 Å². The Kier molecular flexibility index (Phi) is 10.3. The molecule has 0 aromatic heterocycles. The van der Waals surface area contributed by atoms with Gasteiger partial charge in [-0.1, -0.05) is 49.4 Å². The molecule has 1 aliphatic carbocycles. The second-order valence-electron chi connectivity index (χ2n) is 11.7. The first-order chi connectivity index (χ1) is 19.7. The molecule has 1 saturated heterocycles. The number of rotatable bonds is 14. The summed E-state index contributed by atoms with van der Waals surface area (Å²) in [6.07, 6.45) is 3.52. The Morgan fingerprint density at radius 3 is 2.17 bits per heavy atom. The van der Waals surface area contributed by atoms with Crippen LogP contribution in [0.25, 0.3) is 0 Å². The van der Waals surface area contributed by atoms with E-state index in [1.54, 1.807) is 14.0 Å². The molecule has 2 aromatic carbocycles. The third kappa shape index (κ3) is 8.49. The molecule has 0 radical (unpaired) electrons. The van der Waals surface area contributed by atoms with Crippen LogP contribution in [0.4, 0.5) is 0 Å². The first kappa shape index (κ1) is 30.4. The van der Waals surface area contributed by atoms with Crippen LogP contribution in [-0.4, -0.2) is 55.8 Å². The monoisotopic (exact) mass is 562 g/mol. The summed E-state index contributed by atoms with van der Waals surface area (Å²) in [6, 6.07) is 15.6. The molecular formula is C33H42N2O6. The van der Waals surface area contributed by atoms with Crippen molar-refractivity contribution in [3.63, 3.8) is 0 Å². The van der Waals surface area contributed by atoms with Crippen LogP contribution in [0.15, 0.2) is 54.6 Å². The number of methoxy groups -OCH3 is 1. The summed E-state index contributed by atoms with van der Waals surface area (Å²) in [5, 5.41) is 5.87. The molecule has 0 spiro atoms. The fourth-order valence-electron chi connectivity index (χ4n) is 5.30. The molecule has 1 saturated carbocycles. The molecule has 2 amide bonds. The minimum absolute atomic E-state index is 0.0290. The maximum absolute atomic E-state index is 13.8. The first-order valence-corrected chi connectivity index (χ1v) is 14.6. The molecule has 4 rings (SSSR count). The number of hydrogen-bond donors (Lipinski definition) is 2. The first-order valence-electron chi connectivity index (χ1n) is 14.6. The van der Waals surface area contributed by atoms with Crippen LogP contribution < -0.4 is 15.4 Å². The minimum atomic E-state index is -0.733. The third-order valence-electron chi connectivity index (χ3n) is 8.40. The van der Waals surface area contributed by atoms with E-state index in [4.69, 9.17) is 9.47 Å². The van der Waals surface area contributed by atoms with Crippen LogP contribution in [0, 0.1) is 17.3 Å². The van der Waals surface area contributed by atoms with Gasteiger partial charge in [0.1, 0.15) is 5.75 Å². The van der Waals surface area contributed by atoms with Gasteiger partial charge < -0.3 is 20.1 Å². The Morgan fingerprint density at radius 2 is 1.56 bits per heavy atom. The highest BCUT2D eigenvalue weighted by molar-refractivity contribution is 5.97. The van der Waals surface area contributed by atoms with E-state index in [-0.39, 0.29) is 35.7 Å². The molecule has 8 nitrogen and oxygen atoms in total. The quantitative estimate of drug-likeness (QED) is 0.362. The molecule has 2 fully saturated rings. The highest BCUT2D eigenvalue weighted by Gasteiger charge is 2.48. The van der Waals surface area contributed by atoms with Crippen molar-refractivity contribution in [3.8, 4) is 5.75 Å². The van der Waals surface area contributed by atoms with E-state index in [2.05, 4.69) is 10.6 Å². The van der Waals surface area contributed by atoms with Crippen LogP contribution in [0.5, 0.6) is 5.75 Å². The molecule has 220 valence electrons. The zero-order valence-corrected chi connectivity index (χ0v) is 24.3. The van der Waals surface area contributed by atoms with Crippen LogP contribution >= 0.6 is 0 Å². The van der Waals surface area contributed by atoms with E-state index in [9.17, 15) is 19.2 Å². The number of hydrogen-bond acceptors (Lipinski definition) is 6. The third-order valence-corrected chi connectivity index (χ3v) is 8.40. The second kappa shape index (κ2) is 13.9. The van der Waals surface area contributed by atoms with Crippen molar-refractivity contribution in [2.24, 2.45) is 17.3 Å². The molecule has 3 atom stereocenters. The summed E-state index contributed by atoms with van der Waals surface area (Å²) >= 11 is 0. The lowest BCUT2D eigenvalue weighted by molar-refractivity contribution is -0.135. The smallest absolute Gasteiger partial charge is 0.224 e. The SMILES string of the molecule is COc1ccc(C[C@H](CC(=O)[C@@H](C)NC(=O)C2CCOCC2)C(=O)N[C@@H](Cc2ccccc2)C(=O)C2(C)CC2)cc1. The molecule has 41 heavy (non-hydrogen) atoms.